The number of aliphatic hydroxyl groups excluding tert-OH is 3. The second-order valence-electron chi connectivity index (χ2n) is 7.14. The Bertz CT molecular complexity index is 1250. The highest BCUT2D eigenvalue weighted by Crippen LogP contribution is 2.34. The molecule has 4 atom stereocenters. The number of aliphatic hydroxyl groups is 3. The fraction of sp³-hybridized carbons (Fsp3) is 0.368. The van der Waals surface area contributed by atoms with Crippen molar-refractivity contribution in [1.29, 1.82) is 0 Å². The Morgan fingerprint density at radius 1 is 1.39 bits per heavy atom. The Kier molecular flexibility index (Phi) is 6.62. The molecule has 176 valence electrons. The van der Waals surface area contributed by atoms with Gasteiger partial charge in [-0.2, -0.15) is 10.1 Å². The van der Waals surface area contributed by atoms with E-state index in [0.717, 1.165) is 4.47 Å². The van der Waals surface area contributed by atoms with Crippen LogP contribution in [0.2, 0.25) is 0 Å². The Morgan fingerprint density at radius 3 is 2.88 bits per heavy atom. The molecule has 3 aromatic rings. The lowest BCUT2D eigenvalue weighted by molar-refractivity contribution is -0.0501. The SMILES string of the molecule is CCOc1ccc(Br)cc1/C=N\Nc1nc2c(=O)[nH]c(N)nc2n1[C@H]1O[C@@H](CO)[C@@H](O)[C@@H]1O. The van der Waals surface area contributed by atoms with Crippen LogP contribution >= 0.6 is 15.9 Å². The van der Waals surface area contributed by atoms with Crippen molar-refractivity contribution in [3.8, 4) is 5.75 Å². The maximum absolute atomic E-state index is 12.4. The molecular weight excluding hydrogens is 502 g/mol. The van der Waals surface area contributed by atoms with Gasteiger partial charge in [0.2, 0.25) is 11.9 Å². The number of hydrazone groups is 1. The zero-order valence-electron chi connectivity index (χ0n) is 17.3. The number of nitrogen functional groups attached to an aromatic ring is 1. The predicted molar refractivity (Wildman–Crippen MR) is 122 cm³/mol. The third-order valence-electron chi connectivity index (χ3n) is 4.98. The monoisotopic (exact) mass is 523 g/mol. The Morgan fingerprint density at radius 2 is 2.18 bits per heavy atom. The summed E-state index contributed by atoms with van der Waals surface area (Å²) in [6, 6.07) is 5.42. The average molecular weight is 524 g/mol. The van der Waals surface area contributed by atoms with Crippen LogP contribution < -0.4 is 21.5 Å². The van der Waals surface area contributed by atoms with Crippen molar-refractivity contribution in [2.75, 3.05) is 24.4 Å². The van der Waals surface area contributed by atoms with E-state index in [2.05, 4.69) is 41.4 Å². The number of H-pyrrole nitrogens is 1. The van der Waals surface area contributed by atoms with Gasteiger partial charge in [-0.25, -0.2) is 10.4 Å². The van der Waals surface area contributed by atoms with Crippen LogP contribution in [0.25, 0.3) is 11.2 Å². The van der Waals surface area contributed by atoms with Crippen molar-refractivity contribution >= 4 is 45.2 Å². The number of nitrogens with zero attached hydrogens (tertiary/aromatic N) is 4. The van der Waals surface area contributed by atoms with E-state index in [4.69, 9.17) is 15.2 Å². The van der Waals surface area contributed by atoms with Crippen LogP contribution in [-0.2, 0) is 4.74 Å². The van der Waals surface area contributed by atoms with Crippen molar-refractivity contribution < 1.29 is 24.8 Å². The molecule has 0 bridgehead atoms. The van der Waals surface area contributed by atoms with Crippen LogP contribution in [0.1, 0.15) is 18.7 Å². The summed E-state index contributed by atoms with van der Waals surface area (Å²) >= 11 is 3.40. The Hall–Kier alpha value is -3.04. The summed E-state index contributed by atoms with van der Waals surface area (Å²) in [7, 11) is 0. The van der Waals surface area contributed by atoms with Gasteiger partial charge >= 0.3 is 0 Å². The summed E-state index contributed by atoms with van der Waals surface area (Å²) in [4.78, 5) is 23.0. The molecule has 13 nitrogen and oxygen atoms in total. The number of nitrogens with two attached hydrogens (primary N) is 1. The predicted octanol–water partition coefficient (Wildman–Crippen LogP) is -0.0795. The van der Waals surface area contributed by atoms with Gasteiger partial charge in [0, 0.05) is 10.0 Å². The van der Waals surface area contributed by atoms with Gasteiger partial charge in [-0.05, 0) is 25.1 Å². The highest BCUT2D eigenvalue weighted by atomic mass is 79.9. The number of hydrogen-bond acceptors (Lipinski definition) is 11. The number of benzene rings is 1. The summed E-state index contributed by atoms with van der Waals surface area (Å²) in [5.41, 5.74) is 8.36. The van der Waals surface area contributed by atoms with Gasteiger partial charge in [-0.1, -0.05) is 15.9 Å². The van der Waals surface area contributed by atoms with Crippen molar-refractivity contribution in [2.24, 2.45) is 5.10 Å². The normalized spacial score (nSPS) is 22.9. The van der Waals surface area contributed by atoms with E-state index in [0.29, 0.717) is 17.9 Å². The number of ether oxygens (including phenoxy) is 2. The largest absolute Gasteiger partial charge is 0.493 e. The Balaban J connectivity index is 1.75. The fourth-order valence-corrected chi connectivity index (χ4v) is 3.86. The summed E-state index contributed by atoms with van der Waals surface area (Å²) in [6.07, 6.45) is -3.60. The van der Waals surface area contributed by atoms with Gasteiger partial charge < -0.3 is 30.5 Å². The first-order valence-corrected chi connectivity index (χ1v) is 10.7. The van der Waals surface area contributed by atoms with Crippen LogP contribution in [0, 0.1) is 0 Å². The third kappa shape index (κ3) is 4.43. The molecule has 33 heavy (non-hydrogen) atoms. The second kappa shape index (κ2) is 9.44. The number of nitrogens with one attached hydrogen (secondary N) is 2. The first kappa shape index (κ1) is 23.1. The fourth-order valence-electron chi connectivity index (χ4n) is 3.48. The first-order valence-electron chi connectivity index (χ1n) is 9.95. The minimum atomic E-state index is -1.44. The van der Waals surface area contributed by atoms with E-state index < -0.39 is 36.7 Å². The summed E-state index contributed by atoms with van der Waals surface area (Å²) in [5, 5.41) is 34.3. The molecule has 0 amide bonds. The average Bonchev–Trinajstić information content (AvgIpc) is 3.27. The molecule has 0 radical (unpaired) electrons. The van der Waals surface area contributed by atoms with Gasteiger partial charge in [0.15, 0.2) is 17.4 Å². The van der Waals surface area contributed by atoms with E-state index in [1.807, 2.05) is 13.0 Å². The van der Waals surface area contributed by atoms with E-state index >= 15 is 0 Å². The molecule has 2 aromatic heterocycles. The van der Waals surface area contributed by atoms with Crippen LogP contribution in [0.3, 0.4) is 0 Å². The van der Waals surface area contributed by atoms with Crippen molar-refractivity contribution in [3.05, 3.63) is 38.6 Å². The number of fused-ring (bicyclic) bond motifs is 1. The van der Waals surface area contributed by atoms with Crippen LogP contribution in [-0.4, -0.2) is 72.6 Å². The number of imidazole rings is 1. The zero-order valence-corrected chi connectivity index (χ0v) is 18.9. The van der Waals surface area contributed by atoms with Gasteiger partial charge in [0.25, 0.3) is 5.56 Å². The lowest BCUT2D eigenvalue weighted by Crippen LogP contribution is -2.33. The van der Waals surface area contributed by atoms with E-state index in [-0.39, 0.29) is 23.1 Å². The summed E-state index contributed by atoms with van der Waals surface area (Å²) < 4.78 is 13.3. The highest BCUT2D eigenvalue weighted by Gasteiger charge is 2.45. The Labute approximate surface area is 195 Å². The molecular formula is C19H22BrN7O6. The molecule has 1 fully saturated rings. The molecule has 7 N–H and O–H groups in total. The molecule has 0 aliphatic carbocycles. The van der Waals surface area contributed by atoms with Gasteiger partial charge in [-0.15, -0.1) is 0 Å². The smallest absolute Gasteiger partial charge is 0.280 e. The lowest BCUT2D eigenvalue weighted by atomic mass is 10.1. The molecule has 0 unspecified atom stereocenters. The number of aromatic nitrogens is 4. The maximum atomic E-state index is 12.4. The quantitative estimate of drug-likeness (QED) is 0.180. The zero-order chi connectivity index (χ0) is 23.7. The number of anilines is 2. The van der Waals surface area contributed by atoms with Crippen LogP contribution in [0.4, 0.5) is 11.9 Å². The first-order chi connectivity index (χ1) is 15.8. The number of rotatable bonds is 7. The highest BCUT2D eigenvalue weighted by molar-refractivity contribution is 9.10. The summed E-state index contributed by atoms with van der Waals surface area (Å²) in [6.45, 7) is 1.80. The minimum absolute atomic E-state index is 0.00116. The topological polar surface area (TPSA) is 193 Å². The molecule has 1 saturated heterocycles. The molecule has 1 aromatic carbocycles. The van der Waals surface area contributed by atoms with Crippen LogP contribution in [0.5, 0.6) is 5.75 Å². The van der Waals surface area contributed by atoms with Crippen molar-refractivity contribution in [1.82, 2.24) is 19.5 Å². The van der Waals surface area contributed by atoms with Crippen molar-refractivity contribution in [2.45, 2.75) is 31.5 Å². The molecule has 1 aliphatic heterocycles. The summed E-state index contributed by atoms with van der Waals surface area (Å²) in [5.74, 6) is 0.424. The number of halogens is 1. The standard InChI is InChI=1S/C19H22BrN7O6/c1-2-32-10-4-3-9(20)5-8(10)6-22-26-19-23-12-15(24-18(21)25-16(12)31)27(19)17-14(30)13(29)11(7-28)33-17/h3-6,11,13-14,17,28-30H,2,7H2,1H3,(H,23,26)(H3,21,24,25,31)/b22-6-/t11-,13+,14-,17-/m0/s1. The number of hydrogen-bond donors (Lipinski definition) is 6. The van der Waals surface area contributed by atoms with Gasteiger partial charge in [0.1, 0.15) is 24.1 Å². The van der Waals surface area contributed by atoms with E-state index in [1.165, 1.54) is 10.8 Å². The second-order valence-corrected chi connectivity index (χ2v) is 8.06. The molecule has 1 aliphatic rings. The molecule has 14 heteroatoms. The lowest BCUT2D eigenvalue weighted by Gasteiger charge is -2.18. The molecule has 0 spiro atoms. The van der Waals surface area contributed by atoms with Gasteiger partial charge in [-0.3, -0.25) is 14.3 Å². The number of aromatic amines is 1. The minimum Gasteiger partial charge on any atom is -0.493 e. The van der Waals surface area contributed by atoms with Crippen molar-refractivity contribution in [3.63, 3.8) is 0 Å². The molecule has 3 heterocycles. The van der Waals surface area contributed by atoms with Crippen LogP contribution in [0.15, 0.2) is 32.6 Å². The molecule has 4 rings (SSSR count). The van der Waals surface area contributed by atoms with E-state index in [9.17, 15) is 20.1 Å². The maximum Gasteiger partial charge on any atom is 0.280 e. The van der Waals surface area contributed by atoms with Gasteiger partial charge in [0.05, 0.1) is 19.4 Å². The third-order valence-corrected chi connectivity index (χ3v) is 5.47. The molecule has 0 saturated carbocycles. The van der Waals surface area contributed by atoms with E-state index in [1.54, 1.807) is 12.1 Å².